The average Bonchev–Trinajstić information content (AvgIpc) is 2.72. The number of amides is 2. The monoisotopic (exact) mass is 462 g/mol. The fraction of sp³-hybridized carbons (Fsp3) is 0.364. The van der Waals surface area contributed by atoms with Crippen molar-refractivity contribution in [2.45, 2.75) is 32.2 Å². The minimum atomic E-state index is -3.77. The predicted octanol–water partition coefficient (Wildman–Crippen LogP) is 1.74. The van der Waals surface area contributed by atoms with Gasteiger partial charge in [-0.25, -0.2) is 12.7 Å². The zero-order valence-electron chi connectivity index (χ0n) is 18.9. The maximum Gasteiger partial charge on any atom is 0.251 e. The van der Waals surface area contributed by atoms with Crippen molar-refractivity contribution in [1.82, 2.24) is 14.9 Å². The Morgan fingerprint density at radius 3 is 2.12 bits per heavy atom. The smallest absolute Gasteiger partial charge is 0.251 e. The maximum atomic E-state index is 12.7. The van der Waals surface area contributed by atoms with Crippen molar-refractivity contribution >= 4 is 27.5 Å². The number of anilines is 1. The van der Waals surface area contributed by atoms with Crippen molar-refractivity contribution in [3.8, 4) is 5.75 Å². The molecule has 32 heavy (non-hydrogen) atoms. The van der Waals surface area contributed by atoms with Gasteiger partial charge >= 0.3 is 0 Å². The average molecular weight is 463 g/mol. The summed E-state index contributed by atoms with van der Waals surface area (Å²) < 4.78 is 26.5. The lowest BCUT2D eigenvalue weighted by Crippen LogP contribution is -2.33. The zero-order valence-corrected chi connectivity index (χ0v) is 19.8. The highest BCUT2D eigenvalue weighted by atomic mass is 32.2. The molecule has 0 aliphatic rings. The molecule has 174 valence electrons. The van der Waals surface area contributed by atoms with Crippen LogP contribution in [0.15, 0.2) is 35.2 Å². The Labute approximate surface area is 188 Å². The van der Waals surface area contributed by atoms with Gasteiger partial charge in [0, 0.05) is 51.9 Å². The highest BCUT2D eigenvalue weighted by molar-refractivity contribution is 7.89. The highest BCUT2D eigenvalue weighted by Gasteiger charge is 2.20. The number of phenols is 1. The Kier molecular flexibility index (Phi) is 8.23. The van der Waals surface area contributed by atoms with E-state index < -0.39 is 15.9 Å². The van der Waals surface area contributed by atoms with Gasteiger partial charge in [0.1, 0.15) is 5.75 Å². The van der Waals surface area contributed by atoms with Crippen LogP contribution < -0.4 is 16.0 Å². The molecule has 4 N–H and O–H groups in total. The van der Waals surface area contributed by atoms with Gasteiger partial charge in [0.15, 0.2) is 0 Å². The van der Waals surface area contributed by atoms with Gasteiger partial charge in [0.25, 0.3) is 5.91 Å². The molecule has 0 saturated heterocycles. The molecule has 0 aromatic heterocycles. The number of nitrogens with one attached hydrogen (secondary N) is 3. The van der Waals surface area contributed by atoms with E-state index in [2.05, 4.69) is 16.0 Å². The number of sulfonamides is 1. The van der Waals surface area contributed by atoms with Crippen molar-refractivity contribution in [2.75, 3.05) is 32.5 Å². The minimum absolute atomic E-state index is 0.0161. The number of phenolic OH excluding ortho intramolecular Hbond substituents is 1. The fourth-order valence-corrected chi connectivity index (χ4v) is 4.03. The van der Waals surface area contributed by atoms with Crippen LogP contribution in [-0.4, -0.2) is 56.8 Å². The molecular weight excluding hydrogens is 432 g/mol. The number of carbonyl (C=O) groups is 2. The molecule has 2 aromatic carbocycles. The molecule has 0 heterocycles. The van der Waals surface area contributed by atoms with E-state index in [4.69, 9.17) is 0 Å². The van der Waals surface area contributed by atoms with Crippen LogP contribution in [0, 0.1) is 13.8 Å². The van der Waals surface area contributed by atoms with E-state index in [0.29, 0.717) is 12.2 Å². The molecule has 10 heteroatoms. The molecule has 0 atom stereocenters. The van der Waals surface area contributed by atoms with E-state index in [1.165, 1.54) is 33.2 Å². The van der Waals surface area contributed by atoms with Crippen molar-refractivity contribution in [3.63, 3.8) is 0 Å². The molecule has 0 fully saturated rings. The molecule has 0 saturated carbocycles. The van der Waals surface area contributed by atoms with E-state index in [9.17, 15) is 23.1 Å². The molecule has 2 aromatic rings. The van der Waals surface area contributed by atoms with Crippen molar-refractivity contribution in [2.24, 2.45) is 0 Å². The lowest BCUT2D eigenvalue weighted by Gasteiger charge is -2.16. The van der Waals surface area contributed by atoms with Gasteiger partial charge in [-0.3, -0.25) is 9.59 Å². The summed E-state index contributed by atoms with van der Waals surface area (Å²) in [6.07, 6.45) is 0. The SMILES string of the molecule is CC(=O)NCCNC(=O)c1cc(NCc2cc(C)c(O)c(C)c2)cc(S(=O)(=O)N(C)C)c1. The second kappa shape index (κ2) is 10.5. The third-order valence-electron chi connectivity index (χ3n) is 4.78. The highest BCUT2D eigenvalue weighted by Crippen LogP contribution is 2.25. The van der Waals surface area contributed by atoms with Crippen LogP contribution in [0.4, 0.5) is 5.69 Å². The molecule has 0 radical (unpaired) electrons. The second-order valence-corrected chi connectivity index (χ2v) is 9.86. The quantitative estimate of drug-likeness (QED) is 0.420. The molecule has 0 spiro atoms. The first-order valence-corrected chi connectivity index (χ1v) is 11.5. The van der Waals surface area contributed by atoms with Crippen LogP contribution >= 0.6 is 0 Å². The number of aryl methyl sites for hydroxylation is 2. The summed E-state index contributed by atoms with van der Waals surface area (Å²) in [5.41, 5.74) is 3.02. The number of carbonyl (C=O) groups excluding carboxylic acids is 2. The molecule has 2 amide bonds. The summed E-state index contributed by atoms with van der Waals surface area (Å²) in [4.78, 5) is 23.5. The van der Waals surface area contributed by atoms with Gasteiger partial charge in [-0.15, -0.1) is 0 Å². The fourth-order valence-electron chi connectivity index (χ4n) is 3.06. The Hall–Kier alpha value is -3.11. The van der Waals surface area contributed by atoms with E-state index >= 15 is 0 Å². The topological polar surface area (TPSA) is 128 Å². The Morgan fingerprint density at radius 1 is 0.969 bits per heavy atom. The van der Waals surface area contributed by atoms with Crippen molar-refractivity contribution in [3.05, 3.63) is 52.6 Å². The third kappa shape index (κ3) is 6.44. The van der Waals surface area contributed by atoms with Gasteiger partial charge in [0.2, 0.25) is 15.9 Å². The van der Waals surface area contributed by atoms with Crippen LogP contribution in [0.3, 0.4) is 0 Å². The van der Waals surface area contributed by atoms with Gasteiger partial charge in [-0.05, 0) is 48.7 Å². The molecule has 0 bridgehead atoms. The first kappa shape index (κ1) is 25.2. The van der Waals surface area contributed by atoms with Crippen LogP contribution in [0.25, 0.3) is 0 Å². The molecule has 2 rings (SSSR count). The molecule has 0 unspecified atom stereocenters. The van der Waals surface area contributed by atoms with Crippen LogP contribution in [0.5, 0.6) is 5.75 Å². The minimum Gasteiger partial charge on any atom is -0.507 e. The summed E-state index contributed by atoms with van der Waals surface area (Å²) in [6, 6.07) is 8.05. The van der Waals surface area contributed by atoms with Gasteiger partial charge in [0.05, 0.1) is 4.90 Å². The summed E-state index contributed by atoms with van der Waals surface area (Å²) in [7, 11) is -0.928. The first-order chi connectivity index (χ1) is 14.9. The lowest BCUT2D eigenvalue weighted by atomic mass is 10.1. The number of aromatic hydroxyl groups is 1. The van der Waals surface area contributed by atoms with Gasteiger partial charge in [-0.1, -0.05) is 12.1 Å². The summed E-state index contributed by atoms with van der Waals surface area (Å²) >= 11 is 0. The lowest BCUT2D eigenvalue weighted by molar-refractivity contribution is -0.118. The second-order valence-electron chi connectivity index (χ2n) is 7.70. The maximum absolute atomic E-state index is 12.7. The Morgan fingerprint density at radius 2 is 1.56 bits per heavy atom. The molecule has 0 aliphatic heterocycles. The number of nitrogens with zero attached hydrogens (tertiary/aromatic N) is 1. The summed E-state index contributed by atoms with van der Waals surface area (Å²) in [5.74, 6) is -0.416. The molecule has 0 aliphatic carbocycles. The Balaban J connectivity index is 2.30. The number of benzene rings is 2. The zero-order chi connectivity index (χ0) is 24.1. The molecule has 9 nitrogen and oxygen atoms in total. The van der Waals surface area contributed by atoms with Crippen LogP contribution in [0.2, 0.25) is 0 Å². The van der Waals surface area contributed by atoms with Crippen LogP contribution in [-0.2, 0) is 21.4 Å². The predicted molar refractivity (Wildman–Crippen MR) is 123 cm³/mol. The molecular formula is C22H30N4O5S. The van der Waals surface area contributed by atoms with Gasteiger partial charge in [-0.2, -0.15) is 0 Å². The van der Waals surface area contributed by atoms with Gasteiger partial charge < -0.3 is 21.1 Å². The van der Waals surface area contributed by atoms with E-state index in [0.717, 1.165) is 21.0 Å². The summed E-state index contributed by atoms with van der Waals surface area (Å²) in [6.45, 7) is 5.84. The van der Waals surface area contributed by atoms with Crippen LogP contribution in [0.1, 0.15) is 34.0 Å². The number of rotatable bonds is 9. The van der Waals surface area contributed by atoms with E-state index in [1.54, 1.807) is 19.9 Å². The van der Waals surface area contributed by atoms with Crippen molar-refractivity contribution < 1.29 is 23.1 Å². The third-order valence-corrected chi connectivity index (χ3v) is 6.57. The van der Waals surface area contributed by atoms with E-state index in [1.807, 2.05) is 12.1 Å². The number of hydrogen-bond donors (Lipinski definition) is 4. The Bertz CT molecular complexity index is 1090. The number of hydrogen-bond acceptors (Lipinski definition) is 6. The normalized spacial score (nSPS) is 11.3. The van der Waals surface area contributed by atoms with Crippen molar-refractivity contribution in [1.29, 1.82) is 0 Å². The summed E-state index contributed by atoms with van der Waals surface area (Å²) in [5, 5.41) is 18.4. The largest absolute Gasteiger partial charge is 0.507 e. The van der Waals surface area contributed by atoms with E-state index in [-0.39, 0.29) is 35.2 Å². The first-order valence-electron chi connectivity index (χ1n) is 10.0. The standard InChI is InChI=1S/C22H30N4O5S/c1-14-8-17(9-15(2)21(14)28)13-25-19-10-18(22(29)24-7-6-23-16(3)27)11-20(12-19)32(30,31)26(4)5/h8-12,25,28H,6-7,13H2,1-5H3,(H,23,27)(H,24,29).